The van der Waals surface area contributed by atoms with E-state index in [2.05, 4.69) is 10.6 Å². The highest BCUT2D eigenvalue weighted by atomic mass is 19.1. The lowest BCUT2D eigenvalue weighted by Gasteiger charge is -2.11. The number of phenols is 1. The molecule has 0 aromatic heterocycles. The van der Waals surface area contributed by atoms with E-state index in [0.29, 0.717) is 11.3 Å². The summed E-state index contributed by atoms with van der Waals surface area (Å²) in [5.74, 6) is -1.79. The summed E-state index contributed by atoms with van der Waals surface area (Å²) >= 11 is 0. The zero-order valence-electron chi connectivity index (χ0n) is 13.4. The molecule has 3 N–H and O–H groups in total. The van der Waals surface area contributed by atoms with Crippen LogP contribution in [0.2, 0.25) is 0 Å². The van der Waals surface area contributed by atoms with Crippen LogP contribution in [0.4, 0.5) is 14.9 Å². The molecular weight excluding hydrogens is 341 g/mol. The van der Waals surface area contributed by atoms with Crippen LogP contribution in [0.25, 0.3) is 6.08 Å². The Bertz CT molecular complexity index is 909. The topological polar surface area (TPSA) is 98.7 Å². The van der Waals surface area contributed by atoms with Gasteiger partial charge >= 0.3 is 6.03 Å². The molecule has 0 spiro atoms. The maximum Gasteiger partial charge on any atom is 0.329 e. The monoisotopic (exact) mass is 355 g/mol. The van der Waals surface area contributed by atoms with Gasteiger partial charge in [-0.25, -0.2) is 14.1 Å². The number of carbonyl (C=O) groups is 3. The lowest BCUT2D eigenvalue weighted by Crippen LogP contribution is -2.38. The first-order chi connectivity index (χ1) is 12.4. The number of benzene rings is 2. The molecule has 132 valence electrons. The molecular formula is C18H14FN3O4. The molecule has 0 atom stereocenters. The lowest BCUT2D eigenvalue weighted by molar-refractivity contribution is -0.127. The first kappa shape index (κ1) is 17.2. The van der Waals surface area contributed by atoms with Gasteiger partial charge in [-0.2, -0.15) is 0 Å². The smallest absolute Gasteiger partial charge is 0.329 e. The van der Waals surface area contributed by atoms with Gasteiger partial charge in [-0.3, -0.25) is 9.59 Å². The molecule has 7 nitrogen and oxygen atoms in total. The maximum atomic E-state index is 12.9. The summed E-state index contributed by atoms with van der Waals surface area (Å²) in [6.45, 7) is -0.500. The quantitative estimate of drug-likeness (QED) is 0.577. The second-order valence-electron chi connectivity index (χ2n) is 5.49. The van der Waals surface area contributed by atoms with Crippen molar-refractivity contribution in [3.05, 3.63) is 65.6 Å². The number of hydrogen-bond donors (Lipinski definition) is 3. The van der Waals surface area contributed by atoms with E-state index in [9.17, 15) is 23.9 Å². The van der Waals surface area contributed by atoms with Crippen LogP contribution in [-0.2, 0) is 9.59 Å². The van der Waals surface area contributed by atoms with E-state index in [-0.39, 0.29) is 11.4 Å². The Morgan fingerprint density at radius 1 is 1.15 bits per heavy atom. The van der Waals surface area contributed by atoms with Gasteiger partial charge in [-0.05, 0) is 36.4 Å². The fourth-order valence-electron chi connectivity index (χ4n) is 2.36. The van der Waals surface area contributed by atoms with Crippen molar-refractivity contribution in [2.75, 3.05) is 11.9 Å². The Labute approximate surface area is 147 Å². The van der Waals surface area contributed by atoms with E-state index in [1.165, 1.54) is 36.4 Å². The highest BCUT2D eigenvalue weighted by Crippen LogP contribution is 2.21. The van der Waals surface area contributed by atoms with E-state index in [1.54, 1.807) is 18.2 Å². The average Bonchev–Trinajstić information content (AvgIpc) is 2.86. The SMILES string of the molecule is O=C(CN1C(=O)N/C(=C\c2ccccc2O)C1=O)Nc1ccc(F)cc1. The fourth-order valence-corrected chi connectivity index (χ4v) is 2.36. The average molecular weight is 355 g/mol. The number of phenolic OH excluding ortho intramolecular Hbond substituents is 1. The summed E-state index contributed by atoms with van der Waals surface area (Å²) in [5, 5.41) is 14.6. The third kappa shape index (κ3) is 3.69. The first-order valence-corrected chi connectivity index (χ1v) is 7.62. The van der Waals surface area contributed by atoms with Crippen molar-refractivity contribution in [2.24, 2.45) is 0 Å². The molecule has 2 aromatic carbocycles. The molecule has 0 bridgehead atoms. The second kappa shape index (κ2) is 7.06. The summed E-state index contributed by atoms with van der Waals surface area (Å²) in [4.78, 5) is 37.1. The number of amides is 4. The Balaban J connectivity index is 1.70. The molecule has 1 heterocycles. The minimum atomic E-state index is -0.745. The maximum absolute atomic E-state index is 12.9. The Morgan fingerprint density at radius 3 is 2.54 bits per heavy atom. The number of halogens is 1. The van der Waals surface area contributed by atoms with Gasteiger partial charge in [-0.15, -0.1) is 0 Å². The van der Waals surface area contributed by atoms with Crippen molar-refractivity contribution in [2.45, 2.75) is 0 Å². The summed E-state index contributed by atoms with van der Waals surface area (Å²) in [7, 11) is 0. The molecule has 1 fully saturated rings. The molecule has 0 radical (unpaired) electrons. The number of urea groups is 1. The third-order valence-electron chi connectivity index (χ3n) is 3.63. The standard InChI is InChI=1S/C18H14FN3O4/c19-12-5-7-13(8-6-12)20-16(24)10-22-17(25)14(21-18(22)26)9-11-3-1-2-4-15(11)23/h1-9,23H,10H2,(H,20,24)(H,21,26)/b14-9-. The largest absolute Gasteiger partial charge is 0.507 e. The summed E-state index contributed by atoms with van der Waals surface area (Å²) < 4.78 is 12.9. The number of para-hydroxylation sites is 1. The molecule has 0 unspecified atom stereocenters. The number of nitrogens with zero attached hydrogens (tertiary/aromatic N) is 1. The number of aromatic hydroxyl groups is 1. The van der Waals surface area contributed by atoms with Crippen molar-refractivity contribution in [3.63, 3.8) is 0 Å². The van der Waals surface area contributed by atoms with Gasteiger partial charge in [0.05, 0.1) is 0 Å². The zero-order valence-corrected chi connectivity index (χ0v) is 13.4. The van der Waals surface area contributed by atoms with E-state index in [4.69, 9.17) is 0 Å². The second-order valence-corrected chi connectivity index (χ2v) is 5.49. The van der Waals surface area contributed by atoms with Crippen molar-refractivity contribution in [3.8, 4) is 5.75 Å². The molecule has 1 saturated heterocycles. The predicted octanol–water partition coefficient (Wildman–Crippen LogP) is 2.06. The van der Waals surface area contributed by atoms with Gasteiger partial charge in [0.25, 0.3) is 5.91 Å². The zero-order chi connectivity index (χ0) is 18.7. The molecule has 0 saturated carbocycles. The van der Waals surface area contributed by atoms with Gasteiger partial charge in [0.1, 0.15) is 23.8 Å². The van der Waals surface area contributed by atoms with Crippen LogP contribution in [-0.4, -0.2) is 34.4 Å². The van der Waals surface area contributed by atoms with E-state index >= 15 is 0 Å². The molecule has 26 heavy (non-hydrogen) atoms. The highest BCUT2D eigenvalue weighted by molar-refractivity contribution is 6.16. The van der Waals surface area contributed by atoms with Crippen LogP contribution in [0.5, 0.6) is 5.75 Å². The first-order valence-electron chi connectivity index (χ1n) is 7.62. The molecule has 1 aliphatic rings. The molecule has 1 aliphatic heterocycles. The minimum absolute atomic E-state index is 0.0467. The molecule has 0 aliphatic carbocycles. The number of imide groups is 1. The van der Waals surface area contributed by atoms with Crippen LogP contribution in [0, 0.1) is 5.82 Å². The Morgan fingerprint density at radius 2 is 1.85 bits per heavy atom. The molecule has 8 heteroatoms. The van der Waals surface area contributed by atoms with Crippen molar-refractivity contribution < 1.29 is 23.9 Å². The third-order valence-corrected chi connectivity index (χ3v) is 3.63. The van der Waals surface area contributed by atoms with Gasteiger partial charge in [0.15, 0.2) is 0 Å². The summed E-state index contributed by atoms with van der Waals surface area (Å²) in [5.41, 5.74) is 0.647. The molecule has 2 aromatic rings. The van der Waals surface area contributed by atoms with Crippen molar-refractivity contribution in [1.29, 1.82) is 0 Å². The minimum Gasteiger partial charge on any atom is -0.507 e. The van der Waals surface area contributed by atoms with E-state index in [1.807, 2.05) is 0 Å². The summed E-state index contributed by atoms with van der Waals surface area (Å²) in [6, 6.07) is 10.6. The Hall–Kier alpha value is -3.68. The fraction of sp³-hybridized carbons (Fsp3) is 0.0556. The number of rotatable bonds is 4. The van der Waals surface area contributed by atoms with Gasteiger partial charge in [0, 0.05) is 11.3 Å². The van der Waals surface area contributed by atoms with Gasteiger partial charge in [-0.1, -0.05) is 18.2 Å². The molecule has 3 rings (SSSR count). The van der Waals surface area contributed by atoms with Crippen LogP contribution in [0.1, 0.15) is 5.56 Å². The lowest BCUT2D eigenvalue weighted by atomic mass is 10.1. The van der Waals surface area contributed by atoms with Crippen LogP contribution in [0.3, 0.4) is 0 Å². The predicted molar refractivity (Wildman–Crippen MR) is 91.4 cm³/mol. The number of hydrogen-bond acceptors (Lipinski definition) is 4. The van der Waals surface area contributed by atoms with Crippen molar-refractivity contribution >= 4 is 29.6 Å². The Kier molecular flexibility index (Phi) is 4.66. The number of carbonyl (C=O) groups excluding carboxylic acids is 3. The highest BCUT2D eigenvalue weighted by Gasteiger charge is 2.35. The van der Waals surface area contributed by atoms with E-state index in [0.717, 1.165) is 4.90 Å². The summed E-state index contributed by atoms with van der Waals surface area (Å²) in [6.07, 6.45) is 1.33. The van der Waals surface area contributed by atoms with Crippen LogP contribution in [0.15, 0.2) is 54.2 Å². The van der Waals surface area contributed by atoms with Gasteiger partial charge in [0.2, 0.25) is 5.91 Å². The van der Waals surface area contributed by atoms with Crippen LogP contribution < -0.4 is 10.6 Å². The van der Waals surface area contributed by atoms with Crippen LogP contribution >= 0.6 is 0 Å². The molecule has 4 amide bonds. The number of nitrogens with one attached hydrogen (secondary N) is 2. The van der Waals surface area contributed by atoms with Crippen molar-refractivity contribution in [1.82, 2.24) is 10.2 Å². The number of anilines is 1. The normalized spacial score (nSPS) is 15.3. The van der Waals surface area contributed by atoms with E-state index < -0.39 is 30.2 Å². The van der Waals surface area contributed by atoms with Gasteiger partial charge < -0.3 is 15.7 Å².